The Labute approximate surface area is 191 Å². The monoisotopic (exact) mass is 442 g/mol. The Morgan fingerprint density at radius 2 is 1.69 bits per heavy atom. The van der Waals surface area contributed by atoms with E-state index in [1.54, 1.807) is 0 Å². The number of halogens is 1. The zero-order valence-corrected chi connectivity index (χ0v) is 20.3. The van der Waals surface area contributed by atoms with E-state index in [9.17, 15) is 9.18 Å². The molecule has 4 aliphatic rings. The number of anilines is 1. The Balaban J connectivity index is 1.39. The molecule has 1 aromatic rings. The molecule has 5 nitrogen and oxygen atoms in total. The molecule has 5 rings (SSSR count). The van der Waals surface area contributed by atoms with Crippen molar-refractivity contribution in [1.29, 1.82) is 0 Å². The predicted octanol–water partition coefficient (Wildman–Crippen LogP) is 3.57. The molecule has 0 N–H and O–H groups in total. The van der Waals surface area contributed by atoms with Crippen molar-refractivity contribution in [2.75, 3.05) is 18.0 Å². The van der Waals surface area contributed by atoms with Crippen LogP contribution in [0.4, 0.5) is 10.1 Å². The van der Waals surface area contributed by atoms with Gasteiger partial charge in [-0.15, -0.1) is 0 Å². The van der Waals surface area contributed by atoms with Crippen molar-refractivity contribution in [2.24, 2.45) is 0 Å². The molecule has 0 bridgehead atoms. The SMILES string of the molecule is CC1(C)C(=O)N(C2CC(N3CCC[C@@H](F)C3)C2)c2cc(B3OC(C)(C)C(C)(C)O3)ccc21. The number of amides is 1. The number of carbonyl (C=O) groups is 1. The molecule has 32 heavy (non-hydrogen) atoms. The normalized spacial score (nSPS) is 33.3. The predicted molar refractivity (Wildman–Crippen MR) is 125 cm³/mol. The quantitative estimate of drug-likeness (QED) is 0.672. The van der Waals surface area contributed by atoms with Crippen LogP contribution >= 0.6 is 0 Å². The lowest BCUT2D eigenvalue weighted by Gasteiger charge is -2.48. The van der Waals surface area contributed by atoms with E-state index in [0.29, 0.717) is 19.0 Å². The topological polar surface area (TPSA) is 42.0 Å². The average Bonchev–Trinajstić information content (AvgIpc) is 3.01. The Morgan fingerprint density at radius 3 is 2.31 bits per heavy atom. The fourth-order valence-corrected chi connectivity index (χ4v) is 5.64. The second-order valence-electron chi connectivity index (χ2n) is 11.7. The molecule has 0 radical (unpaired) electrons. The maximum atomic E-state index is 13.9. The van der Waals surface area contributed by atoms with E-state index in [1.165, 1.54) is 0 Å². The van der Waals surface area contributed by atoms with Gasteiger partial charge >= 0.3 is 7.12 Å². The number of likely N-dealkylation sites (tertiary alicyclic amines) is 1. The van der Waals surface area contributed by atoms with E-state index in [-0.39, 0.29) is 11.9 Å². The highest BCUT2D eigenvalue weighted by Crippen LogP contribution is 2.46. The zero-order valence-electron chi connectivity index (χ0n) is 20.3. The third kappa shape index (κ3) is 3.34. The molecule has 3 aliphatic heterocycles. The number of alkyl halides is 1. The first-order chi connectivity index (χ1) is 14.9. The van der Waals surface area contributed by atoms with E-state index < -0.39 is 29.9 Å². The van der Waals surface area contributed by atoms with Gasteiger partial charge in [0.05, 0.1) is 16.6 Å². The van der Waals surface area contributed by atoms with Gasteiger partial charge in [0.15, 0.2) is 0 Å². The van der Waals surface area contributed by atoms with Crippen molar-refractivity contribution in [3.63, 3.8) is 0 Å². The first-order valence-corrected chi connectivity index (χ1v) is 12.1. The number of nitrogens with zero attached hydrogens (tertiary/aromatic N) is 2. The van der Waals surface area contributed by atoms with Crippen molar-refractivity contribution in [1.82, 2.24) is 4.90 Å². The van der Waals surface area contributed by atoms with Gasteiger partial charge in [-0.2, -0.15) is 0 Å². The van der Waals surface area contributed by atoms with Crippen LogP contribution in [0.5, 0.6) is 0 Å². The molecule has 0 spiro atoms. The van der Waals surface area contributed by atoms with Gasteiger partial charge in [0.25, 0.3) is 0 Å². The van der Waals surface area contributed by atoms with Crippen LogP contribution in [0.25, 0.3) is 0 Å². The van der Waals surface area contributed by atoms with E-state index in [0.717, 1.165) is 42.5 Å². The van der Waals surface area contributed by atoms with Crippen molar-refractivity contribution in [2.45, 2.75) is 102 Å². The number of carbonyl (C=O) groups excluding carboxylic acids is 1. The molecule has 1 aromatic carbocycles. The lowest BCUT2D eigenvalue weighted by atomic mass is 9.76. The second kappa shape index (κ2) is 7.28. The summed E-state index contributed by atoms with van der Waals surface area (Å²) in [6.07, 6.45) is 2.72. The average molecular weight is 442 g/mol. The van der Waals surface area contributed by atoms with E-state index in [4.69, 9.17) is 9.31 Å². The van der Waals surface area contributed by atoms with Gasteiger partial charge < -0.3 is 14.2 Å². The van der Waals surface area contributed by atoms with E-state index >= 15 is 0 Å². The Bertz CT molecular complexity index is 912. The molecular weight excluding hydrogens is 406 g/mol. The summed E-state index contributed by atoms with van der Waals surface area (Å²) < 4.78 is 26.4. The number of fused-ring (bicyclic) bond motifs is 1. The molecule has 3 heterocycles. The third-order valence-corrected chi connectivity index (χ3v) is 8.60. The highest BCUT2D eigenvalue weighted by molar-refractivity contribution is 6.62. The van der Waals surface area contributed by atoms with Crippen LogP contribution in [-0.4, -0.2) is 60.5 Å². The van der Waals surface area contributed by atoms with Crippen molar-refractivity contribution >= 4 is 24.2 Å². The van der Waals surface area contributed by atoms with Gasteiger partial charge in [-0.25, -0.2) is 4.39 Å². The molecule has 1 saturated carbocycles. The van der Waals surface area contributed by atoms with Crippen LogP contribution in [0.2, 0.25) is 0 Å². The molecule has 0 unspecified atom stereocenters. The van der Waals surface area contributed by atoms with Gasteiger partial charge in [-0.1, -0.05) is 12.1 Å². The van der Waals surface area contributed by atoms with Gasteiger partial charge in [-0.05, 0) is 90.9 Å². The number of benzene rings is 1. The summed E-state index contributed by atoms with van der Waals surface area (Å²) in [6.45, 7) is 13.7. The van der Waals surface area contributed by atoms with Gasteiger partial charge in [0.2, 0.25) is 5.91 Å². The highest BCUT2D eigenvalue weighted by Gasteiger charge is 2.54. The number of hydrogen-bond donors (Lipinski definition) is 0. The summed E-state index contributed by atoms with van der Waals surface area (Å²) >= 11 is 0. The maximum absolute atomic E-state index is 13.9. The van der Waals surface area contributed by atoms with Gasteiger partial charge in [-0.3, -0.25) is 9.69 Å². The number of hydrogen-bond acceptors (Lipinski definition) is 4. The number of piperidine rings is 1. The van der Waals surface area contributed by atoms with Gasteiger partial charge in [0, 0.05) is 24.3 Å². The summed E-state index contributed by atoms with van der Waals surface area (Å²) in [5.41, 5.74) is 1.63. The highest BCUT2D eigenvalue weighted by atomic mass is 19.1. The minimum Gasteiger partial charge on any atom is -0.399 e. The minimum atomic E-state index is -0.710. The largest absolute Gasteiger partial charge is 0.494 e. The van der Waals surface area contributed by atoms with E-state index in [2.05, 4.69) is 44.7 Å². The Morgan fingerprint density at radius 1 is 1.03 bits per heavy atom. The lowest BCUT2D eigenvalue weighted by molar-refractivity contribution is -0.123. The van der Waals surface area contributed by atoms with Crippen LogP contribution in [0.3, 0.4) is 0 Å². The first-order valence-electron chi connectivity index (χ1n) is 12.1. The zero-order chi connectivity index (χ0) is 23.1. The fraction of sp³-hybridized carbons (Fsp3) is 0.720. The van der Waals surface area contributed by atoms with Gasteiger partial charge in [0.1, 0.15) is 6.17 Å². The third-order valence-electron chi connectivity index (χ3n) is 8.60. The van der Waals surface area contributed by atoms with Crippen molar-refractivity contribution in [3.05, 3.63) is 23.8 Å². The smallest absolute Gasteiger partial charge is 0.399 e. The van der Waals surface area contributed by atoms with Crippen LogP contribution < -0.4 is 10.4 Å². The van der Waals surface area contributed by atoms with Crippen LogP contribution in [0, 0.1) is 0 Å². The summed E-state index contributed by atoms with van der Waals surface area (Å²) in [4.78, 5) is 17.8. The Hall–Kier alpha value is -1.44. The lowest BCUT2D eigenvalue weighted by Crippen LogP contribution is -2.58. The first kappa shape index (κ1) is 22.4. The Kier molecular flexibility index (Phi) is 5.09. The standard InChI is InChI=1S/C25H36BFN2O3/c1-23(2)20-10-9-16(26-31-24(3,4)25(5,6)32-26)12-21(20)29(22(23)30)19-13-18(14-19)28-11-7-8-17(27)15-28/h9-10,12,17-19H,7-8,11,13-15H2,1-6H3/t17-,18?,19?/m1/s1. The van der Waals surface area contributed by atoms with E-state index in [1.807, 2.05) is 24.8 Å². The summed E-state index contributed by atoms with van der Waals surface area (Å²) in [6, 6.07) is 6.75. The second-order valence-corrected chi connectivity index (χ2v) is 11.7. The van der Waals surface area contributed by atoms with Crippen LogP contribution in [0.1, 0.15) is 72.8 Å². The molecule has 3 fully saturated rings. The fourth-order valence-electron chi connectivity index (χ4n) is 5.64. The summed E-state index contributed by atoms with van der Waals surface area (Å²) in [7, 11) is -0.449. The molecule has 1 atom stereocenters. The molecule has 0 aromatic heterocycles. The maximum Gasteiger partial charge on any atom is 0.494 e. The minimum absolute atomic E-state index is 0.157. The van der Waals surface area contributed by atoms with Crippen LogP contribution in [0.15, 0.2) is 18.2 Å². The molecule has 1 aliphatic carbocycles. The molecular formula is C25H36BFN2O3. The van der Waals surface area contributed by atoms with Crippen molar-refractivity contribution in [3.8, 4) is 0 Å². The molecule has 1 amide bonds. The summed E-state index contributed by atoms with van der Waals surface area (Å²) in [5, 5.41) is 0. The number of rotatable bonds is 3. The van der Waals surface area contributed by atoms with Crippen molar-refractivity contribution < 1.29 is 18.5 Å². The van der Waals surface area contributed by atoms with Crippen LogP contribution in [-0.2, 0) is 19.5 Å². The molecule has 2 saturated heterocycles. The molecule has 7 heteroatoms. The summed E-state index contributed by atoms with van der Waals surface area (Å²) in [5.74, 6) is 0.157. The molecule has 174 valence electrons.